The van der Waals surface area contributed by atoms with Gasteiger partial charge in [-0.25, -0.2) is 48.7 Å². The molecule has 0 aromatic carbocycles. The standard InChI is InChI=1S/C18H19BrN6O.C17H19BrN6OS.C16H14BrF3N6OS.C11H10ClN3O.C10H11N3O2S/c1-11-4-3-5-14(21-11)13-10-20-24(2)17(13)15(26)8-12-6-7-25-16(9-12)22-18(19)23-25;1-9-10(2)26-16(20-9)12-8-19-23(3)15(12)13(25)6-11-4-5-24-14(7-11)21-17(18)22-24;1-25-13(9(6-21-25)14-22-11(7-28-14)16(18,19)20)10(27)4-8-2-3-26-12(5-8)23-15(17)24-26;1-7-4-3-5-9(14-7)8-6-13-15(2)10(8)11(12)16;1-5-6(2)16-9(12-5)7-4-11-13(3)8(7)10(14)15/h3-5,10,12H,6-9H2,1-2H3;8,11H,4-7H2,1-3H3;6-8H,2-5H2,1H3;3-6H,1-2H3;4H,1-3H3,(H,14,15). The Morgan fingerprint density at radius 3 is 1.15 bits per heavy atom. The highest BCUT2D eigenvalue weighted by Gasteiger charge is 2.36. The third-order valence-electron chi connectivity index (χ3n) is 19.0. The Morgan fingerprint density at radius 2 is 0.812 bits per heavy atom. The first-order valence-corrected chi connectivity index (χ1v) is 40.2. The van der Waals surface area contributed by atoms with Crippen molar-refractivity contribution in [3.63, 3.8) is 0 Å². The number of carbonyl (C=O) groups is 5. The summed E-state index contributed by atoms with van der Waals surface area (Å²) in [5.41, 5.74) is 9.53. The van der Waals surface area contributed by atoms with Crippen LogP contribution in [0.3, 0.4) is 0 Å². The minimum Gasteiger partial charge on any atom is -0.477 e. The lowest BCUT2D eigenvalue weighted by molar-refractivity contribution is -0.140. The van der Waals surface area contributed by atoms with Gasteiger partial charge in [0.2, 0.25) is 14.2 Å². The zero-order chi connectivity index (χ0) is 80.3. The van der Waals surface area contributed by atoms with E-state index in [2.05, 4.69) is 128 Å². The summed E-state index contributed by atoms with van der Waals surface area (Å²) in [6, 6.07) is 11.4. The van der Waals surface area contributed by atoms with E-state index in [9.17, 15) is 37.1 Å². The Morgan fingerprint density at radius 1 is 0.473 bits per heavy atom. The van der Waals surface area contributed by atoms with Crippen LogP contribution in [-0.2, 0) is 80.3 Å². The van der Waals surface area contributed by atoms with Crippen LogP contribution in [0.5, 0.6) is 0 Å². The SMILES string of the molecule is Cc1cccc(-c2cnn(C)c2C(=O)CC2CCn3nc(Br)nc3C2)n1.Cc1cccc(-c2cnn(C)c2C(=O)Cl)n1.Cc1nc(-c2cnn(C)c2C(=O)CC2CCn3nc(Br)nc3C2)sc1C.Cc1nc(-c2cnn(C)c2C(=O)O)sc1C.Cn1ncc(-c2nc(C(F)(F)F)cs2)c1C(=O)CC1CCn2nc(Br)nc2C1. The van der Waals surface area contributed by atoms with Crippen molar-refractivity contribution in [3.05, 3.63) is 171 Å². The van der Waals surface area contributed by atoms with Gasteiger partial charge in [0.1, 0.15) is 55.3 Å². The molecule has 112 heavy (non-hydrogen) atoms. The van der Waals surface area contributed by atoms with Gasteiger partial charge in [0, 0.05) is 125 Å². The average molecular weight is 1800 g/mol. The molecule has 3 aliphatic rings. The van der Waals surface area contributed by atoms with Crippen LogP contribution in [0.4, 0.5) is 13.2 Å². The Kier molecular flexibility index (Phi) is 25.4. The maximum Gasteiger partial charge on any atom is 0.434 e. The van der Waals surface area contributed by atoms with E-state index in [1.165, 1.54) is 36.5 Å². The monoisotopic (exact) mass is 1790 g/mol. The normalized spacial score (nSPS) is 15.0. The number of rotatable bonds is 16. The molecule has 0 fully saturated rings. The van der Waals surface area contributed by atoms with E-state index in [0.29, 0.717) is 84.5 Å². The molecule has 1 N–H and O–H groups in total. The van der Waals surface area contributed by atoms with Crippen LogP contribution >= 0.6 is 93.4 Å². The van der Waals surface area contributed by atoms with E-state index in [1.54, 1.807) is 73.7 Å². The molecule has 3 atom stereocenters. The Labute approximate surface area is 680 Å². The molecule has 0 saturated carbocycles. The molecule has 40 heteroatoms. The molecular weight excluding hydrogens is 1730 g/mol. The van der Waals surface area contributed by atoms with Crippen LogP contribution in [-0.4, -0.2) is 152 Å². The second-order valence-corrected chi connectivity index (χ2v) is 32.7. The van der Waals surface area contributed by atoms with E-state index in [1.807, 2.05) is 99.0 Å². The quantitative estimate of drug-likeness (QED) is 0.0693. The fourth-order valence-electron chi connectivity index (χ4n) is 13.2. The summed E-state index contributed by atoms with van der Waals surface area (Å²) in [6.45, 7) is 14.0. The molecule has 0 radical (unpaired) electrons. The van der Waals surface area contributed by atoms with E-state index >= 15 is 0 Å². The number of thiazole rings is 3. The molecule has 16 heterocycles. The Hall–Kier alpha value is -9.67. The Balaban J connectivity index is 0.000000132. The number of alkyl halides is 3. The van der Waals surface area contributed by atoms with Crippen molar-refractivity contribution in [3.8, 4) is 54.2 Å². The number of carbonyl (C=O) groups excluding carboxylic acids is 4. The molecule has 584 valence electrons. The first-order chi connectivity index (χ1) is 53.2. The number of carboxylic acid groups (broad SMARTS) is 1. The van der Waals surface area contributed by atoms with Gasteiger partial charge in [0.15, 0.2) is 28.7 Å². The molecule has 30 nitrogen and oxygen atoms in total. The molecule has 0 bridgehead atoms. The van der Waals surface area contributed by atoms with Crippen LogP contribution in [0, 0.1) is 59.3 Å². The molecule has 0 aliphatic carbocycles. The first-order valence-electron chi connectivity index (χ1n) is 35.0. The number of fused-ring (bicyclic) bond motifs is 3. The fraction of sp³-hybridized carbons (Fsp3) is 0.375. The zero-order valence-electron chi connectivity index (χ0n) is 62.2. The van der Waals surface area contributed by atoms with Crippen LogP contribution in [0.1, 0.15) is 147 Å². The highest BCUT2D eigenvalue weighted by atomic mass is 79.9. The van der Waals surface area contributed by atoms with Crippen LogP contribution < -0.4 is 0 Å². The first kappa shape index (κ1) is 81.8. The number of halogens is 7. The van der Waals surface area contributed by atoms with Crippen LogP contribution in [0.25, 0.3) is 54.2 Å². The summed E-state index contributed by atoms with van der Waals surface area (Å²) in [7, 11) is 8.51. The van der Waals surface area contributed by atoms with Crippen molar-refractivity contribution in [2.75, 3.05) is 0 Å². The van der Waals surface area contributed by atoms with Crippen molar-refractivity contribution in [2.24, 2.45) is 53.0 Å². The number of aryl methyl sites for hydroxylation is 14. The van der Waals surface area contributed by atoms with Crippen LogP contribution in [0.15, 0.2) is 87.0 Å². The van der Waals surface area contributed by atoms with Gasteiger partial charge in [0.05, 0.1) is 76.0 Å². The molecule has 0 saturated heterocycles. The molecule has 3 aliphatic heterocycles. The summed E-state index contributed by atoms with van der Waals surface area (Å²) >= 11 is 19.3. The summed E-state index contributed by atoms with van der Waals surface area (Å²) in [4.78, 5) is 98.3. The van der Waals surface area contributed by atoms with Crippen molar-refractivity contribution in [1.82, 2.24) is 118 Å². The molecule has 0 spiro atoms. The lowest BCUT2D eigenvalue weighted by Crippen LogP contribution is -2.23. The lowest BCUT2D eigenvalue weighted by atomic mass is 9.91. The number of nitrogens with zero attached hydrogens (tertiary/aromatic N) is 24. The zero-order valence-corrected chi connectivity index (χ0v) is 70.2. The van der Waals surface area contributed by atoms with Crippen molar-refractivity contribution < 1.29 is 42.3 Å². The third-order valence-corrected chi connectivity index (χ3v) is 23.3. The maximum atomic E-state index is 13.1. The van der Waals surface area contributed by atoms with E-state index < -0.39 is 23.1 Å². The maximum absolute atomic E-state index is 13.1. The number of hydrogen-bond acceptors (Lipinski definition) is 24. The van der Waals surface area contributed by atoms with Gasteiger partial charge >= 0.3 is 12.1 Å². The highest BCUT2D eigenvalue weighted by Crippen LogP contribution is 2.38. The minimum atomic E-state index is -4.52. The van der Waals surface area contributed by atoms with Crippen molar-refractivity contribution in [1.29, 1.82) is 0 Å². The molecule has 0 amide bonds. The number of aromatic nitrogens is 24. The summed E-state index contributed by atoms with van der Waals surface area (Å²) in [6.07, 6.45) is 9.48. The topological polar surface area (TPSA) is 351 Å². The summed E-state index contributed by atoms with van der Waals surface area (Å²) in [5.74, 6) is 2.37. The number of Topliss-reactive ketones (excluding diaryl/α,β-unsaturated/α-hetero) is 3. The molecule has 13 aromatic heterocycles. The summed E-state index contributed by atoms with van der Waals surface area (Å²) in [5, 5.41) is 44.7. The number of ketones is 3. The largest absolute Gasteiger partial charge is 0.477 e. The summed E-state index contributed by atoms with van der Waals surface area (Å²) < 4.78 is 53.5. The average Bonchev–Trinajstić information content (AvgIpc) is 1.65. The fourth-order valence-corrected chi connectivity index (χ4v) is 17.3. The Bertz CT molecular complexity index is 5640. The highest BCUT2D eigenvalue weighted by molar-refractivity contribution is 9.10. The van der Waals surface area contributed by atoms with Gasteiger partial charge in [0.25, 0.3) is 5.24 Å². The minimum absolute atomic E-state index is 0.0841. The van der Waals surface area contributed by atoms with Crippen LogP contribution in [0.2, 0.25) is 0 Å². The number of hydrogen-bond donors (Lipinski definition) is 1. The molecule has 3 unspecified atom stereocenters. The predicted molar refractivity (Wildman–Crippen MR) is 422 cm³/mol. The van der Waals surface area contributed by atoms with Gasteiger partial charge in [-0.2, -0.15) is 38.7 Å². The van der Waals surface area contributed by atoms with Gasteiger partial charge in [-0.15, -0.1) is 49.3 Å². The second kappa shape index (κ2) is 34.7. The molecule has 16 rings (SSSR count). The van der Waals surface area contributed by atoms with Gasteiger partial charge < -0.3 is 5.11 Å². The smallest absolute Gasteiger partial charge is 0.434 e. The van der Waals surface area contributed by atoms with E-state index in [-0.39, 0.29) is 57.9 Å². The number of carboxylic acids is 1. The molecule has 13 aromatic rings. The molecular formula is C72H73Br3ClF3N24O6S3. The number of aromatic carboxylic acids is 1. The predicted octanol–water partition coefficient (Wildman–Crippen LogP) is 14.1. The number of pyridine rings is 2. The van der Waals surface area contributed by atoms with Gasteiger partial charge in [-0.05, 0) is 162 Å². The van der Waals surface area contributed by atoms with Crippen molar-refractivity contribution in [2.45, 2.75) is 125 Å². The van der Waals surface area contributed by atoms with E-state index in [4.69, 9.17) is 16.7 Å². The lowest BCUT2D eigenvalue weighted by Gasteiger charge is -2.21. The van der Waals surface area contributed by atoms with E-state index in [0.717, 1.165) is 129 Å². The van der Waals surface area contributed by atoms with Gasteiger partial charge in [-0.3, -0.25) is 52.6 Å². The third kappa shape index (κ3) is 18.8. The second-order valence-electron chi connectivity index (χ2n) is 26.9. The van der Waals surface area contributed by atoms with Gasteiger partial charge in [-0.1, -0.05) is 12.1 Å². The van der Waals surface area contributed by atoms with Crippen molar-refractivity contribution >= 4 is 122 Å².